The standard InChI is InChI=1S/C10H11NO4/c12-7-4-6(5-7)11-3-1-2-8(9(11)13)10(14)15/h1-3,6-7,12H,4-5H2,(H,14,15)/t6-,7+. The zero-order valence-corrected chi connectivity index (χ0v) is 7.96. The van der Waals surface area contributed by atoms with Crippen LogP contribution in [0.1, 0.15) is 29.2 Å². The normalized spacial score (nSPS) is 24.6. The molecule has 0 aliphatic heterocycles. The van der Waals surface area contributed by atoms with Gasteiger partial charge in [-0.25, -0.2) is 4.79 Å². The maximum absolute atomic E-state index is 11.7. The van der Waals surface area contributed by atoms with Crippen molar-refractivity contribution in [3.8, 4) is 0 Å². The van der Waals surface area contributed by atoms with Gasteiger partial charge in [-0.3, -0.25) is 4.79 Å². The monoisotopic (exact) mass is 209 g/mol. The van der Waals surface area contributed by atoms with Gasteiger partial charge in [0.05, 0.1) is 6.10 Å². The van der Waals surface area contributed by atoms with E-state index in [1.54, 1.807) is 6.20 Å². The Labute approximate surface area is 85.6 Å². The van der Waals surface area contributed by atoms with Gasteiger partial charge in [-0.2, -0.15) is 0 Å². The quantitative estimate of drug-likeness (QED) is 0.731. The van der Waals surface area contributed by atoms with E-state index in [0.29, 0.717) is 12.8 Å². The van der Waals surface area contributed by atoms with E-state index in [1.165, 1.54) is 16.7 Å². The summed E-state index contributed by atoms with van der Waals surface area (Å²) in [6, 6.07) is 2.76. The SMILES string of the molecule is O=C(O)c1cccn([C@H]2C[C@@H](O)C2)c1=O. The molecule has 2 N–H and O–H groups in total. The number of aliphatic hydroxyl groups is 1. The van der Waals surface area contributed by atoms with Gasteiger partial charge < -0.3 is 14.8 Å². The number of aromatic nitrogens is 1. The van der Waals surface area contributed by atoms with E-state index in [9.17, 15) is 9.59 Å². The summed E-state index contributed by atoms with van der Waals surface area (Å²) in [6.45, 7) is 0. The lowest BCUT2D eigenvalue weighted by atomic mass is 9.89. The molecule has 0 bridgehead atoms. The van der Waals surface area contributed by atoms with Crippen molar-refractivity contribution in [3.63, 3.8) is 0 Å². The number of carboxylic acid groups (broad SMARTS) is 1. The molecule has 0 spiro atoms. The van der Waals surface area contributed by atoms with Gasteiger partial charge in [-0.05, 0) is 25.0 Å². The van der Waals surface area contributed by atoms with Crippen LogP contribution < -0.4 is 5.56 Å². The van der Waals surface area contributed by atoms with Gasteiger partial charge in [0.1, 0.15) is 5.56 Å². The van der Waals surface area contributed by atoms with Crippen LogP contribution in [-0.4, -0.2) is 26.9 Å². The number of carbonyl (C=O) groups is 1. The molecule has 0 unspecified atom stereocenters. The van der Waals surface area contributed by atoms with Crippen LogP contribution in [0, 0.1) is 0 Å². The van der Waals surface area contributed by atoms with E-state index in [-0.39, 0.29) is 17.7 Å². The zero-order valence-electron chi connectivity index (χ0n) is 7.96. The molecule has 15 heavy (non-hydrogen) atoms. The van der Waals surface area contributed by atoms with E-state index < -0.39 is 11.5 Å². The molecule has 1 aromatic heterocycles. The maximum atomic E-state index is 11.7. The lowest BCUT2D eigenvalue weighted by Crippen LogP contribution is -2.38. The van der Waals surface area contributed by atoms with E-state index in [1.807, 2.05) is 0 Å². The molecule has 0 aromatic carbocycles. The molecular weight excluding hydrogens is 198 g/mol. The first kappa shape index (κ1) is 9.92. The number of rotatable bonds is 2. The number of hydrogen-bond acceptors (Lipinski definition) is 3. The van der Waals surface area contributed by atoms with Gasteiger partial charge in [0.15, 0.2) is 0 Å². The van der Waals surface area contributed by atoms with Crippen molar-refractivity contribution in [3.05, 3.63) is 34.2 Å². The molecular formula is C10H11NO4. The second-order valence-electron chi connectivity index (χ2n) is 3.72. The molecule has 0 radical (unpaired) electrons. The van der Waals surface area contributed by atoms with Crippen molar-refractivity contribution >= 4 is 5.97 Å². The summed E-state index contributed by atoms with van der Waals surface area (Å²) in [5, 5.41) is 17.9. The third-order valence-electron chi connectivity index (χ3n) is 2.69. The average molecular weight is 209 g/mol. The summed E-state index contributed by atoms with van der Waals surface area (Å²) in [5.41, 5.74) is -0.721. The third-order valence-corrected chi connectivity index (χ3v) is 2.69. The Balaban J connectivity index is 2.37. The summed E-state index contributed by atoms with van der Waals surface area (Å²) in [7, 11) is 0. The summed E-state index contributed by atoms with van der Waals surface area (Å²) < 4.78 is 1.39. The lowest BCUT2D eigenvalue weighted by molar-refractivity contribution is 0.0468. The molecule has 1 aliphatic carbocycles. The molecule has 0 amide bonds. The molecule has 5 nitrogen and oxygen atoms in total. The van der Waals surface area contributed by atoms with E-state index in [2.05, 4.69) is 0 Å². The third kappa shape index (κ3) is 1.66. The summed E-state index contributed by atoms with van der Waals surface area (Å²) in [6.07, 6.45) is 2.23. The molecule has 0 atom stereocenters. The largest absolute Gasteiger partial charge is 0.477 e. The Morgan fingerprint density at radius 2 is 2.13 bits per heavy atom. The number of hydrogen-bond donors (Lipinski definition) is 2. The van der Waals surface area contributed by atoms with Crippen molar-refractivity contribution in [1.29, 1.82) is 0 Å². The fourth-order valence-electron chi connectivity index (χ4n) is 1.75. The average Bonchev–Trinajstić information content (AvgIpc) is 2.13. The number of carboxylic acids is 1. The summed E-state index contributed by atoms with van der Waals surface area (Å²) in [4.78, 5) is 22.4. The second kappa shape index (κ2) is 3.51. The molecule has 80 valence electrons. The van der Waals surface area contributed by atoms with E-state index in [4.69, 9.17) is 10.2 Å². The predicted octanol–water partition coefficient (Wildman–Crippen LogP) is 0.242. The molecule has 1 aromatic rings. The molecule has 1 saturated carbocycles. The van der Waals surface area contributed by atoms with Gasteiger partial charge in [0.25, 0.3) is 5.56 Å². The van der Waals surface area contributed by atoms with Crippen LogP contribution in [0.5, 0.6) is 0 Å². The molecule has 5 heteroatoms. The minimum absolute atomic E-state index is 0.0631. The van der Waals surface area contributed by atoms with Gasteiger partial charge in [0.2, 0.25) is 0 Å². The first-order valence-electron chi connectivity index (χ1n) is 4.72. The number of pyridine rings is 1. The number of aromatic carboxylic acids is 1. The minimum atomic E-state index is -1.21. The highest BCUT2D eigenvalue weighted by Gasteiger charge is 2.29. The summed E-state index contributed by atoms with van der Waals surface area (Å²) in [5.74, 6) is -1.21. The molecule has 1 heterocycles. The molecule has 1 aliphatic rings. The highest BCUT2D eigenvalue weighted by atomic mass is 16.4. The van der Waals surface area contributed by atoms with Gasteiger partial charge >= 0.3 is 5.97 Å². The second-order valence-corrected chi connectivity index (χ2v) is 3.72. The van der Waals surface area contributed by atoms with Crippen LogP contribution in [0.4, 0.5) is 0 Å². The highest BCUT2D eigenvalue weighted by Crippen LogP contribution is 2.30. The number of aliphatic hydroxyl groups excluding tert-OH is 1. The first-order valence-corrected chi connectivity index (χ1v) is 4.72. The van der Waals surface area contributed by atoms with Crippen LogP contribution in [0.2, 0.25) is 0 Å². The Kier molecular flexibility index (Phi) is 2.32. The predicted molar refractivity (Wildman–Crippen MR) is 51.9 cm³/mol. The molecule has 0 saturated heterocycles. The Morgan fingerprint density at radius 1 is 1.47 bits per heavy atom. The lowest BCUT2D eigenvalue weighted by Gasteiger charge is -2.32. The maximum Gasteiger partial charge on any atom is 0.341 e. The van der Waals surface area contributed by atoms with Crippen LogP contribution in [0.3, 0.4) is 0 Å². The summed E-state index contributed by atoms with van der Waals surface area (Å²) >= 11 is 0. The Bertz CT molecular complexity index is 445. The van der Waals surface area contributed by atoms with Crippen molar-refractivity contribution in [2.75, 3.05) is 0 Å². The fraction of sp³-hybridized carbons (Fsp3) is 0.400. The van der Waals surface area contributed by atoms with Crippen molar-refractivity contribution < 1.29 is 15.0 Å². The number of nitrogens with zero attached hydrogens (tertiary/aromatic N) is 1. The Morgan fingerprint density at radius 3 is 2.67 bits per heavy atom. The molecule has 1 fully saturated rings. The topological polar surface area (TPSA) is 79.5 Å². The zero-order chi connectivity index (χ0) is 11.0. The smallest absolute Gasteiger partial charge is 0.341 e. The Hall–Kier alpha value is -1.62. The van der Waals surface area contributed by atoms with Crippen molar-refractivity contribution in [1.82, 2.24) is 4.57 Å². The van der Waals surface area contributed by atoms with Crippen LogP contribution >= 0.6 is 0 Å². The van der Waals surface area contributed by atoms with Crippen molar-refractivity contribution in [2.45, 2.75) is 25.0 Å². The van der Waals surface area contributed by atoms with Gasteiger partial charge in [-0.15, -0.1) is 0 Å². The van der Waals surface area contributed by atoms with Gasteiger partial charge in [0, 0.05) is 12.2 Å². The van der Waals surface area contributed by atoms with Crippen molar-refractivity contribution in [2.24, 2.45) is 0 Å². The van der Waals surface area contributed by atoms with Crippen LogP contribution in [0.25, 0.3) is 0 Å². The first-order chi connectivity index (χ1) is 7.09. The van der Waals surface area contributed by atoms with Crippen LogP contribution in [-0.2, 0) is 0 Å². The van der Waals surface area contributed by atoms with Gasteiger partial charge in [-0.1, -0.05) is 0 Å². The fourth-order valence-corrected chi connectivity index (χ4v) is 1.75. The van der Waals surface area contributed by atoms with E-state index >= 15 is 0 Å². The molecule has 2 rings (SSSR count). The minimum Gasteiger partial charge on any atom is -0.477 e. The van der Waals surface area contributed by atoms with Crippen LogP contribution in [0.15, 0.2) is 23.1 Å². The highest BCUT2D eigenvalue weighted by molar-refractivity contribution is 5.86. The van der Waals surface area contributed by atoms with E-state index in [0.717, 1.165) is 0 Å².